The van der Waals surface area contributed by atoms with Crippen LogP contribution in [-0.4, -0.2) is 26.7 Å². The molecule has 132 valence electrons. The third kappa shape index (κ3) is 3.22. The highest BCUT2D eigenvalue weighted by atomic mass is 19.1. The lowest BCUT2D eigenvalue weighted by Crippen LogP contribution is -2.39. The summed E-state index contributed by atoms with van der Waals surface area (Å²) in [5.41, 5.74) is 1.38. The van der Waals surface area contributed by atoms with Gasteiger partial charge in [0.15, 0.2) is 0 Å². The molecule has 2 aromatic carbocycles. The summed E-state index contributed by atoms with van der Waals surface area (Å²) in [5.74, 6) is -0.539. The number of aromatic nitrogens is 3. The molecule has 0 N–H and O–H groups in total. The molecule has 1 aliphatic rings. The van der Waals surface area contributed by atoms with Gasteiger partial charge < -0.3 is 4.90 Å². The topological polar surface area (TPSA) is 51.0 Å². The highest BCUT2D eigenvalue weighted by molar-refractivity contribution is 6.04. The number of anilines is 1. The van der Waals surface area contributed by atoms with E-state index in [1.54, 1.807) is 21.7 Å². The van der Waals surface area contributed by atoms with E-state index in [0.717, 1.165) is 31.4 Å². The summed E-state index contributed by atoms with van der Waals surface area (Å²) >= 11 is 0. The van der Waals surface area contributed by atoms with Crippen LogP contribution in [0.2, 0.25) is 0 Å². The fraction of sp³-hybridized carbons (Fsp3) is 0.250. The van der Waals surface area contributed by atoms with Crippen molar-refractivity contribution >= 4 is 11.6 Å². The molecule has 1 aliphatic carbocycles. The number of nitrogens with zero attached hydrogens (tertiary/aromatic N) is 4. The van der Waals surface area contributed by atoms with Gasteiger partial charge in [0.05, 0.1) is 5.69 Å². The first-order valence-electron chi connectivity index (χ1n) is 8.78. The number of para-hydroxylation sites is 1. The van der Waals surface area contributed by atoms with Crippen LogP contribution in [0.25, 0.3) is 5.69 Å². The second kappa shape index (κ2) is 7.07. The Hall–Kier alpha value is -3.02. The predicted octanol–water partition coefficient (Wildman–Crippen LogP) is 4.00. The normalized spacial score (nSPS) is 14.5. The molecule has 0 spiro atoms. The molecule has 4 rings (SSSR count). The van der Waals surface area contributed by atoms with Crippen LogP contribution < -0.4 is 4.90 Å². The van der Waals surface area contributed by atoms with Crippen LogP contribution in [0.15, 0.2) is 60.9 Å². The van der Waals surface area contributed by atoms with Crippen LogP contribution in [0.1, 0.15) is 36.3 Å². The van der Waals surface area contributed by atoms with Crippen LogP contribution >= 0.6 is 0 Å². The van der Waals surface area contributed by atoms with Gasteiger partial charge in [-0.25, -0.2) is 14.1 Å². The van der Waals surface area contributed by atoms with Crippen molar-refractivity contribution in [2.45, 2.75) is 31.7 Å². The molecular weight excluding hydrogens is 331 g/mol. The predicted molar refractivity (Wildman–Crippen MR) is 96.8 cm³/mol. The zero-order chi connectivity index (χ0) is 17.9. The van der Waals surface area contributed by atoms with Crippen molar-refractivity contribution in [3.05, 3.63) is 72.6 Å². The highest BCUT2D eigenvalue weighted by Crippen LogP contribution is 2.29. The largest absolute Gasteiger partial charge is 0.302 e. The van der Waals surface area contributed by atoms with E-state index >= 15 is 0 Å². The fourth-order valence-electron chi connectivity index (χ4n) is 3.46. The highest BCUT2D eigenvalue weighted by Gasteiger charge is 2.31. The summed E-state index contributed by atoms with van der Waals surface area (Å²) in [6.07, 6.45) is 5.47. The molecule has 0 atom stereocenters. The third-order valence-electron chi connectivity index (χ3n) is 4.70. The van der Waals surface area contributed by atoms with Crippen molar-refractivity contribution in [2.24, 2.45) is 0 Å². The van der Waals surface area contributed by atoms with E-state index in [0.29, 0.717) is 5.69 Å². The van der Waals surface area contributed by atoms with Crippen molar-refractivity contribution in [3.8, 4) is 5.69 Å². The van der Waals surface area contributed by atoms with E-state index in [2.05, 4.69) is 10.1 Å². The minimum Gasteiger partial charge on any atom is -0.302 e. The molecule has 1 saturated carbocycles. The lowest BCUT2D eigenvalue weighted by atomic mass is 10.1. The Labute approximate surface area is 151 Å². The van der Waals surface area contributed by atoms with Gasteiger partial charge in [-0.05, 0) is 43.2 Å². The molecule has 0 bridgehead atoms. The Morgan fingerprint density at radius 1 is 1.08 bits per heavy atom. The number of benzene rings is 2. The number of carbonyl (C=O) groups excluding carboxylic acids is 1. The lowest BCUT2D eigenvalue weighted by Gasteiger charge is -2.28. The molecule has 6 heteroatoms. The molecule has 0 saturated heterocycles. The van der Waals surface area contributed by atoms with Crippen LogP contribution in [-0.2, 0) is 0 Å². The molecule has 1 fully saturated rings. The average molecular weight is 350 g/mol. The number of rotatable bonds is 4. The minimum atomic E-state index is -0.360. The smallest absolute Gasteiger partial charge is 0.298 e. The zero-order valence-corrected chi connectivity index (χ0v) is 14.3. The van der Waals surface area contributed by atoms with Crippen LogP contribution in [0.5, 0.6) is 0 Å². The van der Waals surface area contributed by atoms with E-state index < -0.39 is 0 Å². The maximum Gasteiger partial charge on any atom is 0.298 e. The molecule has 1 aromatic heterocycles. The van der Waals surface area contributed by atoms with Gasteiger partial charge in [-0.2, -0.15) is 0 Å². The summed E-state index contributed by atoms with van der Waals surface area (Å²) in [5, 5.41) is 4.34. The lowest BCUT2D eigenvalue weighted by molar-refractivity contribution is 0.0967. The van der Waals surface area contributed by atoms with Gasteiger partial charge in [-0.15, -0.1) is 5.10 Å². The first-order chi connectivity index (χ1) is 12.7. The third-order valence-corrected chi connectivity index (χ3v) is 4.70. The summed E-state index contributed by atoms with van der Waals surface area (Å²) < 4.78 is 15.3. The Morgan fingerprint density at radius 2 is 1.85 bits per heavy atom. The van der Waals surface area contributed by atoms with Gasteiger partial charge in [-0.1, -0.05) is 37.1 Å². The quantitative estimate of drug-likeness (QED) is 0.715. The van der Waals surface area contributed by atoms with Gasteiger partial charge in [0, 0.05) is 11.7 Å². The van der Waals surface area contributed by atoms with Gasteiger partial charge in [0.1, 0.15) is 12.1 Å². The van der Waals surface area contributed by atoms with Crippen molar-refractivity contribution in [1.82, 2.24) is 14.8 Å². The second-order valence-electron chi connectivity index (χ2n) is 6.44. The molecule has 0 radical (unpaired) electrons. The maximum atomic E-state index is 13.7. The van der Waals surface area contributed by atoms with Crippen LogP contribution in [0.4, 0.5) is 10.1 Å². The van der Waals surface area contributed by atoms with E-state index in [9.17, 15) is 9.18 Å². The molecule has 1 amide bonds. The minimum absolute atomic E-state index is 0.0491. The standard InChI is InChI=1S/C20H19FN4O/c21-15-7-6-12-18(13-15)25(17-10-4-5-11-17)20(26)19-22-14-24(23-19)16-8-2-1-3-9-16/h1-3,6-9,12-14,17H,4-5,10-11H2. The first-order valence-corrected chi connectivity index (χ1v) is 8.78. The van der Waals surface area contributed by atoms with E-state index in [4.69, 9.17) is 0 Å². The number of hydrogen-bond donors (Lipinski definition) is 0. The van der Waals surface area contributed by atoms with Crippen LogP contribution in [0, 0.1) is 5.82 Å². The number of halogens is 1. The van der Waals surface area contributed by atoms with Gasteiger partial charge in [-0.3, -0.25) is 4.79 Å². The Balaban J connectivity index is 1.67. The zero-order valence-electron chi connectivity index (χ0n) is 14.3. The summed E-state index contributed by atoms with van der Waals surface area (Å²) in [4.78, 5) is 19.0. The second-order valence-corrected chi connectivity index (χ2v) is 6.44. The summed E-state index contributed by atoms with van der Waals surface area (Å²) in [7, 11) is 0. The molecule has 26 heavy (non-hydrogen) atoms. The molecule has 1 heterocycles. The Kier molecular flexibility index (Phi) is 4.48. The van der Waals surface area contributed by atoms with Gasteiger partial charge in [0.2, 0.25) is 5.82 Å². The van der Waals surface area contributed by atoms with Crippen molar-refractivity contribution in [3.63, 3.8) is 0 Å². The molecule has 5 nitrogen and oxygen atoms in total. The first kappa shape index (κ1) is 16.4. The van der Waals surface area contributed by atoms with E-state index in [-0.39, 0.29) is 23.6 Å². The van der Waals surface area contributed by atoms with E-state index in [1.807, 2.05) is 30.3 Å². The average Bonchev–Trinajstić information content (AvgIpc) is 3.35. The van der Waals surface area contributed by atoms with E-state index in [1.165, 1.54) is 18.5 Å². The summed E-state index contributed by atoms with van der Waals surface area (Å²) in [6.45, 7) is 0. The van der Waals surface area contributed by atoms with Gasteiger partial charge >= 0.3 is 0 Å². The number of amides is 1. The van der Waals surface area contributed by atoms with Crippen molar-refractivity contribution in [1.29, 1.82) is 0 Å². The fourth-order valence-corrected chi connectivity index (χ4v) is 3.46. The SMILES string of the molecule is O=C(c1ncn(-c2ccccc2)n1)N(c1cccc(F)c1)C1CCCC1. The van der Waals surface area contributed by atoms with Crippen molar-refractivity contribution in [2.75, 3.05) is 4.90 Å². The molecule has 0 unspecified atom stereocenters. The molecule has 0 aliphatic heterocycles. The van der Waals surface area contributed by atoms with Gasteiger partial charge in [0.25, 0.3) is 5.91 Å². The Bertz CT molecular complexity index is 903. The summed E-state index contributed by atoms with van der Waals surface area (Å²) in [6, 6.07) is 15.7. The monoisotopic (exact) mass is 350 g/mol. The molecule has 3 aromatic rings. The van der Waals surface area contributed by atoms with Crippen LogP contribution in [0.3, 0.4) is 0 Å². The number of hydrogen-bond acceptors (Lipinski definition) is 3. The Morgan fingerprint density at radius 3 is 2.58 bits per heavy atom. The molecular formula is C20H19FN4O. The maximum absolute atomic E-state index is 13.7. The van der Waals surface area contributed by atoms with Crippen molar-refractivity contribution < 1.29 is 9.18 Å². The number of carbonyl (C=O) groups is 1.